The number of carbonyl (C=O) groups is 1. The Balaban J connectivity index is 2.22. The lowest BCUT2D eigenvalue weighted by atomic mass is 10.3. The first-order valence-corrected chi connectivity index (χ1v) is 7.53. The van der Waals surface area contributed by atoms with E-state index in [1.807, 2.05) is 0 Å². The third-order valence-corrected chi connectivity index (χ3v) is 4.57. The van der Waals surface area contributed by atoms with Crippen LogP contribution in [0.5, 0.6) is 0 Å². The molecule has 0 unspecified atom stereocenters. The fourth-order valence-corrected chi connectivity index (χ4v) is 3.62. The maximum absolute atomic E-state index is 12.1. The number of carbonyl (C=O) groups excluding carboxylic acids is 1. The minimum absolute atomic E-state index is 0.326. The molecule has 0 spiro atoms. The topological polar surface area (TPSA) is 89.5 Å². The lowest BCUT2D eigenvalue weighted by Crippen LogP contribution is -2.51. The van der Waals surface area contributed by atoms with Crippen molar-refractivity contribution in [3.63, 3.8) is 0 Å². The number of nitrogens with one attached hydrogen (secondary N) is 1. The number of amides is 1. The number of hydrogen-bond acceptors (Lipinski definition) is 4. The van der Waals surface area contributed by atoms with Gasteiger partial charge in [0, 0.05) is 6.04 Å². The maximum Gasteiger partial charge on any atom is 0.325 e. The Morgan fingerprint density at radius 2 is 1.79 bits per heavy atom. The number of hydrogen-bond donors (Lipinski definition) is 1. The Morgan fingerprint density at radius 3 is 2.32 bits per heavy atom. The molecule has 2 rings (SSSR count). The van der Waals surface area contributed by atoms with Gasteiger partial charge < -0.3 is 9.90 Å². The van der Waals surface area contributed by atoms with Gasteiger partial charge in [-0.2, -0.15) is 8.42 Å². The highest BCUT2D eigenvalue weighted by Gasteiger charge is 2.32. The summed E-state index contributed by atoms with van der Waals surface area (Å²) in [6.45, 7) is 0. The summed E-state index contributed by atoms with van der Waals surface area (Å²) >= 11 is 0. The summed E-state index contributed by atoms with van der Waals surface area (Å²) in [5, 5.41) is 11.1. The molecule has 1 fully saturated rings. The lowest BCUT2D eigenvalue weighted by molar-refractivity contribution is -0.260. The average Bonchev–Trinajstić information content (AvgIpc) is 2.82. The molecule has 0 bridgehead atoms. The number of benzene rings is 1. The minimum atomic E-state index is -4.14. The van der Waals surface area contributed by atoms with Crippen LogP contribution in [0.3, 0.4) is 0 Å². The van der Waals surface area contributed by atoms with Crippen molar-refractivity contribution in [1.29, 1.82) is 0 Å². The molecule has 104 valence electrons. The Bertz CT molecular complexity index is 538. The Kier molecular flexibility index (Phi) is 3.94. The molecule has 0 saturated heterocycles. The van der Waals surface area contributed by atoms with Crippen LogP contribution in [0, 0.1) is 0 Å². The quantitative estimate of drug-likeness (QED) is 0.890. The van der Waals surface area contributed by atoms with Crippen LogP contribution < -0.4 is 9.83 Å². The van der Waals surface area contributed by atoms with Crippen molar-refractivity contribution < 1.29 is 18.3 Å². The molecule has 1 aliphatic rings. The van der Waals surface area contributed by atoms with Gasteiger partial charge in [-0.25, -0.2) is 4.31 Å². The zero-order chi connectivity index (χ0) is 13.9. The van der Waals surface area contributed by atoms with Gasteiger partial charge in [0.2, 0.25) is 0 Å². The van der Waals surface area contributed by atoms with Crippen LogP contribution in [0.4, 0.5) is 10.5 Å². The summed E-state index contributed by atoms with van der Waals surface area (Å²) in [6, 6.07) is 7.66. The molecule has 0 aromatic heterocycles. The monoisotopic (exact) mass is 283 g/mol. The summed E-state index contributed by atoms with van der Waals surface area (Å²) in [7, 11) is -4.14. The number of rotatable bonds is 4. The first-order chi connectivity index (χ1) is 9.00. The summed E-state index contributed by atoms with van der Waals surface area (Å²) in [5.74, 6) is 0. The van der Waals surface area contributed by atoms with Crippen molar-refractivity contribution in [2.75, 3.05) is 4.72 Å². The molecule has 1 aliphatic carbocycles. The fraction of sp³-hybridized carbons (Fsp3) is 0.417. The molecule has 19 heavy (non-hydrogen) atoms. The van der Waals surface area contributed by atoms with E-state index in [9.17, 15) is 18.3 Å². The second-order valence-electron chi connectivity index (χ2n) is 4.47. The molecule has 0 atom stereocenters. The van der Waals surface area contributed by atoms with E-state index >= 15 is 0 Å². The summed E-state index contributed by atoms with van der Waals surface area (Å²) < 4.78 is 26.9. The molecule has 0 radical (unpaired) electrons. The second kappa shape index (κ2) is 5.48. The minimum Gasteiger partial charge on any atom is -0.529 e. The van der Waals surface area contributed by atoms with E-state index in [1.165, 1.54) is 0 Å². The van der Waals surface area contributed by atoms with E-state index in [0.29, 0.717) is 22.8 Å². The first-order valence-electron chi connectivity index (χ1n) is 6.09. The predicted molar refractivity (Wildman–Crippen MR) is 68.5 cm³/mol. The van der Waals surface area contributed by atoms with Gasteiger partial charge in [0.05, 0.1) is 5.69 Å². The fourth-order valence-electron chi connectivity index (χ4n) is 2.29. The highest BCUT2D eigenvalue weighted by molar-refractivity contribution is 7.90. The number of para-hydroxylation sites is 1. The van der Waals surface area contributed by atoms with Gasteiger partial charge in [-0.1, -0.05) is 31.0 Å². The van der Waals surface area contributed by atoms with Crippen LogP contribution in [-0.4, -0.2) is 24.9 Å². The normalized spacial score (nSPS) is 16.2. The molecule has 1 saturated carbocycles. The van der Waals surface area contributed by atoms with Gasteiger partial charge in [0.15, 0.2) is 6.09 Å². The van der Waals surface area contributed by atoms with Crippen molar-refractivity contribution in [1.82, 2.24) is 4.31 Å². The molecule has 7 heteroatoms. The van der Waals surface area contributed by atoms with Gasteiger partial charge >= 0.3 is 10.2 Å². The Hall–Kier alpha value is -1.76. The smallest absolute Gasteiger partial charge is 0.325 e. The third-order valence-electron chi connectivity index (χ3n) is 3.12. The van der Waals surface area contributed by atoms with Gasteiger partial charge in [-0.05, 0) is 25.0 Å². The van der Waals surface area contributed by atoms with Crippen molar-refractivity contribution in [2.45, 2.75) is 31.7 Å². The zero-order valence-electron chi connectivity index (χ0n) is 10.3. The third kappa shape index (κ3) is 3.17. The van der Waals surface area contributed by atoms with Crippen molar-refractivity contribution >= 4 is 22.0 Å². The highest BCUT2D eigenvalue weighted by atomic mass is 32.2. The van der Waals surface area contributed by atoms with Crippen molar-refractivity contribution in [2.24, 2.45) is 0 Å². The molecular weight excluding hydrogens is 268 g/mol. The zero-order valence-corrected chi connectivity index (χ0v) is 11.1. The van der Waals surface area contributed by atoms with Gasteiger partial charge in [-0.3, -0.25) is 4.72 Å². The first kappa shape index (κ1) is 13.7. The SMILES string of the molecule is O=C([O-])N(C1CCCC1)S(=O)(=O)Nc1ccccc1. The maximum atomic E-state index is 12.1. The summed E-state index contributed by atoms with van der Waals surface area (Å²) in [6.07, 6.45) is 1.06. The van der Waals surface area contributed by atoms with Gasteiger partial charge in [0.1, 0.15) is 0 Å². The predicted octanol–water partition coefficient (Wildman–Crippen LogP) is 0.931. The number of anilines is 1. The molecule has 0 aliphatic heterocycles. The highest BCUT2D eigenvalue weighted by Crippen LogP contribution is 2.26. The van der Waals surface area contributed by atoms with Crippen LogP contribution in [-0.2, 0) is 10.2 Å². The van der Waals surface area contributed by atoms with Gasteiger partial charge in [-0.15, -0.1) is 0 Å². The molecule has 1 amide bonds. The molecule has 1 N–H and O–H groups in total. The molecule has 1 aromatic rings. The summed E-state index contributed by atoms with van der Waals surface area (Å²) in [5.41, 5.74) is 0.326. The molecular formula is C12H15N2O4S-. The lowest BCUT2D eigenvalue weighted by Gasteiger charge is -2.30. The van der Waals surface area contributed by atoms with Crippen molar-refractivity contribution in [3.05, 3.63) is 30.3 Å². The second-order valence-corrected chi connectivity index (χ2v) is 6.02. The van der Waals surface area contributed by atoms with Crippen LogP contribution in [0.2, 0.25) is 0 Å². The van der Waals surface area contributed by atoms with Gasteiger partial charge in [0.25, 0.3) is 0 Å². The standard InChI is InChI=1S/C12H16N2O4S/c15-12(16)14(11-8-4-5-9-11)19(17,18)13-10-6-2-1-3-7-10/h1-3,6-7,11,13H,4-5,8-9H2,(H,15,16)/p-1. The van der Waals surface area contributed by atoms with E-state index in [4.69, 9.17) is 0 Å². The van der Waals surface area contributed by atoms with E-state index in [-0.39, 0.29) is 0 Å². The average molecular weight is 283 g/mol. The van der Waals surface area contributed by atoms with E-state index in [0.717, 1.165) is 12.8 Å². The molecule has 6 nitrogen and oxygen atoms in total. The summed E-state index contributed by atoms with van der Waals surface area (Å²) in [4.78, 5) is 11.1. The molecule has 1 aromatic carbocycles. The number of carboxylic acid groups (broad SMARTS) is 1. The molecule has 0 heterocycles. The van der Waals surface area contributed by atoms with Crippen LogP contribution in [0.15, 0.2) is 30.3 Å². The largest absolute Gasteiger partial charge is 0.529 e. The van der Waals surface area contributed by atoms with Crippen LogP contribution in [0.1, 0.15) is 25.7 Å². The number of nitrogens with zero attached hydrogens (tertiary/aromatic N) is 1. The van der Waals surface area contributed by atoms with E-state index in [2.05, 4.69) is 4.72 Å². The van der Waals surface area contributed by atoms with E-state index in [1.54, 1.807) is 30.3 Å². The Labute approximate surface area is 112 Å². The van der Waals surface area contributed by atoms with Crippen LogP contribution >= 0.6 is 0 Å². The Morgan fingerprint density at radius 1 is 1.21 bits per heavy atom. The van der Waals surface area contributed by atoms with Crippen molar-refractivity contribution in [3.8, 4) is 0 Å². The van der Waals surface area contributed by atoms with Crippen LogP contribution in [0.25, 0.3) is 0 Å². The van der Waals surface area contributed by atoms with E-state index < -0.39 is 22.3 Å².